The van der Waals surface area contributed by atoms with Gasteiger partial charge in [0.2, 0.25) is 0 Å². The highest BCUT2D eigenvalue weighted by molar-refractivity contribution is 5.91. The van der Waals surface area contributed by atoms with E-state index in [0.717, 1.165) is 11.1 Å². The maximum Gasteiger partial charge on any atom is 0.343 e. The van der Waals surface area contributed by atoms with Crippen LogP contribution in [0, 0.1) is 13.8 Å². The van der Waals surface area contributed by atoms with Crippen LogP contribution in [0.1, 0.15) is 27.0 Å². The number of aryl methyl sites for hydroxylation is 2. The van der Waals surface area contributed by atoms with Crippen molar-refractivity contribution in [2.24, 2.45) is 0 Å². The van der Waals surface area contributed by atoms with Gasteiger partial charge < -0.3 is 9.62 Å². The van der Waals surface area contributed by atoms with Gasteiger partial charge in [-0.3, -0.25) is 0 Å². The molecule has 0 N–H and O–H groups in total. The Hall–Kier alpha value is -3.11. The topological polar surface area (TPSA) is 44.8 Å². The summed E-state index contributed by atoms with van der Waals surface area (Å²) in [6, 6.07) is 22.0. The number of carbonyl (C=O) groups excluding carboxylic acids is 1. The van der Waals surface area contributed by atoms with Crippen molar-refractivity contribution in [1.29, 1.82) is 0 Å². The van der Waals surface area contributed by atoms with Crippen molar-refractivity contribution in [1.82, 2.24) is 0 Å². The second-order valence-corrected chi connectivity index (χ2v) is 6.06. The molecule has 0 radical (unpaired) electrons. The summed E-state index contributed by atoms with van der Waals surface area (Å²) in [5.74, 6) is 0.445. The SMILES string of the molecule is Cc1ccc(COOc2cccc(OC(=O)c3ccc(C)cc3)c2)cc1. The summed E-state index contributed by atoms with van der Waals surface area (Å²) >= 11 is 0. The molecule has 4 heteroatoms. The molecule has 0 aliphatic rings. The standard InChI is InChI=1S/C22H20O4/c1-16-6-10-18(11-7-16)15-24-26-21-5-3-4-20(14-21)25-22(23)19-12-8-17(2)9-13-19/h3-14H,15H2,1-2H3. The lowest BCUT2D eigenvalue weighted by atomic mass is 10.1. The zero-order valence-corrected chi connectivity index (χ0v) is 14.8. The molecule has 0 spiro atoms. The van der Waals surface area contributed by atoms with Gasteiger partial charge in [-0.05, 0) is 43.7 Å². The molecule has 3 rings (SSSR count). The van der Waals surface area contributed by atoms with Gasteiger partial charge in [0, 0.05) is 6.07 Å². The Balaban J connectivity index is 1.56. The largest absolute Gasteiger partial charge is 0.423 e. The maximum atomic E-state index is 12.2. The fraction of sp³-hybridized carbons (Fsp3) is 0.136. The normalized spacial score (nSPS) is 10.4. The molecule has 0 heterocycles. The number of carbonyl (C=O) groups is 1. The first-order valence-corrected chi connectivity index (χ1v) is 8.34. The van der Waals surface area contributed by atoms with Gasteiger partial charge in [0.25, 0.3) is 0 Å². The predicted molar refractivity (Wildman–Crippen MR) is 99.2 cm³/mol. The van der Waals surface area contributed by atoms with Gasteiger partial charge in [0.05, 0.1) is 5.56 Å². The Morgan fingerprint density at radius 3 is 2.12 bits per heavy atom. The molecular formula is C22H20O4. The lowest BCUT2D eigenvalue weighted by Crippen LogP contribution is -2.08. The van der Waals surface area contributed by atoms with Gasteiger partial charge in [0.15, 0.2) is 5.75 Å². The van der Waals surface area contributed by atoms with E-state index in [-0.39, 0.29) is 0 Å². The van der Waals surface area contributed by atoms with E-state index >= 15 is 0 Å². The first-order chi connectivity index (χ1) is 12.6. The van der Waals surface area contributed by atoms with Crippen molar-refractivity contribution in [3.8, 4) is 11.5 Å². The van der Waals surface area contributed by atoms with Crippen LogP contribution < -0.4 is 9.62 Å². The number of benzene rings is 3. The summed E-state index contributed by atoms with van der Waals surface area (Å²) in [7, 11) is 0. The van der Waals surface area contributed by atoms with Crippen LogP contribution >= 0.6 is 0 Å². The minimum atomic E-state index is -0.414. The minimum absolute atomic E-state index is 0.327. The Kier molecular flexibility index (Phi) is 5.66. The van der Waals surface area contributed by atoms with Crippen molar-refractivity contribution in [3.05, 3.63) is 95.1 Å². The minimum Gasteiger partial charge on any atom is -0.423 e. The second-order valence-electron chi connectivity index (χ2n) is 6.06. The number of ether oxygens (including phenoxy) is 1. The van der Waals surface area contributed by atoms with E-state index < -0.39 is 5.97 Å². The Morgan fingerprint density at radius 2 is 1.42 bits per heavy atom. The molecule has 0 saturated heterocycles. The zero-order valence-electron chi connectivity index (χ0n) is 14.8. The molecule has 0 aromatic heterocycles. The number of hydrogen-bond donors (Lipinski definition) is 0. The van der Waals surface area contributed by atoms with Crippen molar-refractivity contribution in [3.63, 3.8) is 0 Å². The van der Waals surface area contributed by atoms with E-state index in [0.29, 0.717) is 23.7 Å². The van der Waals surface area contributed by atoms with Crippen LogP contribution in [0.15, 0.2) is 72.8 Å². The van der Waals surface area contributed by atoms with Crippen LogP contribution in [-0.4, -0.2) is 5.97 Å². The van der Waals surface area contributed by atoms with Crippen LogP contribution in [0.4, 0.5) is 0 Å². The summed E-state index contributed by atoms with van der Waals surface area (Å²) in [4.78, 5) is 22.7. The fourth-order valence-corrected chi connectivity index (χ4v) is 2.30. The molecule has 4 nitrogen and oxygen atoms in total. The molecule has 0 fully saturated rings. The van der Waals surface area contributed by atoms with E-state index in [1.165, 1.54) is 5.56 Å². The average Bonchev–Trinajstić information content (AvgIpc) is 2.64. The molecule has 0 unspecified atom stereocenters. The Bertz CT molecular complexity index is 867. The fourth-order valence-electron chi connectivity index (χ4n) is 2.30. The zero-order chi connectivity index (χ0) is 18.4. The van der Waals surface area contributed by atoms with E-state index in [1.54, 1.807) is 36.4 Å². The van der Waals surface area contributed by atoms with E-state index in [9.17, 15) is 4.79 Å². The Labute approximate surface area is 152 Å². The van der Waals surface area contributed by atoms with Crippen molar-refractivity contribution in [2.75, 3.05) is 0 Å². The molecular weight excluding hydrogens is 328 g/mol. The molecule has 26 heavy (non-hydrogen) atoms. The van der Waals surface area contributed by atoms with Crippen LogP contribution in [0.5, 0.6) is 11.5 Å². The van der Waals surface area contributed by atoms with E-state index in [4.69, 9.17) is 14.5 Å². The van der Waals surface area contributed by atoms with Crippen LogP contribution in [-0.2, 0) is 11.5 Å². The second kappa shape index (κ2) is 8.32. The quantitative estimate of drug-likeness (QED) is 0.271. The molecule has 0 amide bonds. The number of hydrogen-bond acceptors (Lipinski definition) is 4. The third-order valence-corrected chi connectivity index (χ3v) is 3.80. The molecule has 0 bridgehead atoms. The van der Waals surface area contributed by atoms with Gasteiger partial charge in [-0.2, -0.15) is 4.89 Å². The highest BCUT2D eigenvalue weighted by Gasteiger charge is 2.09. The van der Waals surface area contributed by atoms with Gasteiger partial charge in [0.1, 0.15) is 12.4 Å². The molecule has 0 saturated carbocycles. The number of esters is 1. The highest BCUT2D eigenvalue weighted by atomic mass is 17.2. The summed E-state index contributed by atoms with van der Waals surface area (Å²) in [6.07, 6.45) is 0. The maximum absolute atomic E-state index is 12.2. The third kappa shape index (κ3) is 4.94. The van der Waals surface area contributed by atoms with Crippen LogP contribution in [0.25, 0.3) is 0 Å². The molecule has 0 aliphatic heterocycles. The van der Waals surface area contributed by atoms with Gasteiger partial charge in [-0.25, -0.2) is 4.79 Å². The summed E-state index contributed by atoms with van der Waals surface area (Å²) in [6.45, 7) is 4.32. The van der Waals surface area contributed by atoms with Crippen LogP contribution in [0.3, 0.4) is 0 Å². The summed E-state index contributed by atoms with van der Waals surface area (Å²) in [5, 5.41) is 0. The van der Waals surface area contributed by atoms with Crippen molar-refractivity contribution < 1.29 is 19.3 Å². The van der Waals surface area contributed by atoms with Gasteiger partial charge in [-0.1, -0.05) is 53.6 Å². The summed E-state index contributed by atoms with van der Waals surface area (Å²) in [5.41, 5.74) is 3.79. The summed E-state index contributed by atoms with van der Waals surface area (Å²) < 4.78 is 5.38. The lowest BCUT2D eigenvalue weighted by Gasteiger charge is -2.08. The van der Waals surface area contributed by atoms with Gasteiger partial charge >= 0.3 is 5.97 Å². The first-order valence-electron chi connectivity index (χ1n) is 8.34. The average molecular weight is 348 g/mol. The molecule has 0 aliphatic carbocycles. The predicted octanol–water partition coefficient (Wildman–Crippen LogP) is 5.03. The van der Waals surface area contributed by atoms with Crippen molar-refractivity contribution >= 4 is 5.97 Å². The van der Waals surface area contributed by atoms with Crippen LogP contribution in [0.2, 0.25) is 0 Å². The molecule has 3 aromatic rings. The third-order valence-electron chi connectivity index (χ3n) is 3.80. The van der Waals surface area contributed by atoms with Crippen molar-refractivity contribution in [2.45, 2.75) is 20.5 Å². The number of rotatable bonds is 6. The highest BCUT2D eigenvalue weighted by Crippen LogP contribution is 2.21. The van der Waals surface area contributed by atoms with E-state index in [2.05, 4.69) is 0 Å². The monoisotopic (exact) mass is 348 g/mol. The first kappa shape index (κ1) is 17.7. The molecule has 3 aromatic carbocycles. The van der Waals surface area contributed by atoms with Gasteiger partial charge in [-0.15, -0.1) is 0 Å². The smallest absolute Gasteiger partial charge is 0.343 e. The van der Waals surface area contributed by atoms with E-state index in [1.807, 2.05) is 50.2 Å². The lowest BCUT2D eigenvalue weighted by molar-refractivity contribution is -0.217. The molecule has 0 atom stereocenters. The Morgan fingerprint density at radius 1 is 0.808 bits per heavy atom. The molecule has 132 valence electrons.